The van der Waals surface area contributed by atoms with Crippen LogP contribution < -0.4 is 20.7 Å². The Morgan fingerprint density at radius 3 is 2.66 bits per heavy atom. The van der Waals surface area contributed by atoms with E-state index in [0.717, 1.165) is 61.1 Å². The van der Waals surface area contributed by atoms with Crippen molar-refractivity contribution in [3.8, 4) is 17.0 Å². The third-order valence-corrected chi connectivity index (χ3v) is 6.44. The Labute approximate surface area is 206 Å². The number of aromatic nitrogens is 3. The van der Waals surface area contributed by atoms with E-state index in [1.807, 2.05) is 37.4 Å². The summed E-state index contributed by atoms with van der Waals surface area (Å²) in [6.07, 6.45) is 4.70. The molecular formula is C26H34N6O3. The molecule has 1 saturated heterocycles. The van der Waals surface area contributed by atoms with E-state index < -0.39 is 0 Å². The normalized spacial score (nSPS) is 15.1. The van der Waals surface area contributed by atoms with Crippen molar-refractivity contribution < 1.29 is 14.3 Å². The summed E-state index contributed by atoms with van der Waals surface area (Å²) in [6, 6.07) is 9.99. The molecule has 9 heteroatoms. The second kappa shape index (κ2) is 11.9. The number of benzene rings is 1. The fourth-order valence-electron chi connectivity index (χ4n) is 4.33. The summed E-state index contributed by atoms with van der Waals surface area (Å²) in [5.74, 6) is 0.788. The molecule has 0 saturated carbocycles. The fraction of sp³-hybridized carbons (Fsp3) is 0.462. The molecule has 3 heterocycles. The summed E-state index contributed by atoms with van der Waals surface area (Å²) < 4.78 is 11.2. The molecule has 1 aliphatic heterocycles. The van der Waals surface area contributed by atoms with Gasteiger partial charge in [-0.15, -0.1) is 10.2 Å². The Hall–Kier alpha value is -3.30. The average Bonchev–Trinajstić information content (AvgIpc) is 2.91. The van der Waals surface area contributed by atoms with Crippen molar-refractivity contribution in [2.45, 2.75) is 32.2 Å². The van der Waals surface area contributed by atoms with Crippen LogP contribution in [0.5, 0.6) is 5.88 Å². The predicted molar refractivity (Wildman–Crippen MR) is 137 cm³/mol. The number of ether oxygens (including phenoxy) is 2. The van der Waals surface area contributed by atoms with Gasteiger partial charge in [-0.05, 0) is 69.5 Å². The standard InChI is InChI=1S/C26H34N6O3/c1-17(18-9-13-34-14-10-18)30-24-21-15-19(5-7-22(21)31-32-25(24)26(33)28-3)20-6-8-23(29-16-20)35-12-4-11-27-2/h5-8,15-18,27H,4,9-14H2,1-3H3,(H,28,33)(H,30,31)/t17-/m0/s1. The molecule has 1 atom stereocenters. The molecular weight excluding hydrogens is 444 g/mol. The third-order valence-electron chi connectivity index (χ3n) is 6.44. The van der Waals surface area contributed by atoms with Gasteiger partial charge in [0.15, 0.2) is 5.69 Å². The number of carbonyl (C=O) groups is 1. The lowest BCUT2D eigenvalue weighted by Crippen LogP contribution is -2.32. The number of carbonyl (C=O) groups excluding carboxylic acids is 1. The zero-order valence-electron chi connectivity index (χ0n) is 20.6. The Morgan fingerprint density at radius 2 is 1.94 bits per heavy atom. The van der Waals surface area contributed by atoms with Crippen molar-refractivity contribution in [3.63, 3.8) is 0 Å². The van der Waals surface area contributed by atoms with E-state index in [1.165, 1.54) is 0 Å². The lowest BCUT2D eigenvalue weighted by atomic mass is 9.92. The summed E-state index contributed by atoms with van der Waals surface area (Å²) in [5, 5.41) is 18.8. The van der Waals surface area contributed by atoms with Crippen molar-refractivity contribution in [1.29, 1.82) is 0 Å². The van der Waals surface area contributed by atoms with Crippen molar-refractivity contribution in [1.82, 2.24) is 25.8 Å². The number of anilines is 1. The highest BCUT2D eigenvalue weighted by Gasteiger charge is 2.24. The molecule has 4 rings (SSSR count). The van der Waals surface area contributed by atoms with Crippen LogP contribution in [0.25, 0.3) is 22.0 Å². The van der Waals surface area contributed by atoms with Crippen molar-refractivity contribution in [2.75, 3.05) is 45.8 Å². The Kier molecular flexibility index (Phi) is 8.44. The van der Waals surface area contributed by atoms with E-state index >= 15 is 0 Å². The van der Waals surface area contributed by atoms with Gasteiger partial charge < -0.3 is 25.4 Å². The van der Waals surface area contributed by atoms with Crippen LogP contribution in [0.3, 0.4) is 0 Å². The summed E-state index contributed by atoms with van der Waals surface area (Å²) in [6.45, 7) is 5.20. The molecule has 1 aromatic carbocycles. The van der Waals surface area contributed by atoms with Gasteiger partial charge >= 0.3 is 0 Å². The second-order valence-electron chi connectivity index (χ2n) is 8.81. The number of hydrogen-bond donors (Lipinski definition) is 3. The van der Waals surface area contributed by atoms with Crippen molar-refractivity contribution >= 4 is 22.5 Å². The molecule has 1 fully saturated rings. The lowest BCUT2D eigenvalue weighted by Gasteiger charge is -2.29. The van der Waals surface area contributed by atoms with Crippen LogP contribution in [-0.2, 0) is 4.74 Å². The van der Waals surface area contributed by atoms with Gasteiger partial charge in [-0.3, -0.25) is 4.79 Å². The molecule has 0 bridgehead atoms. The highest BCUT2D eigenvalue weighted by atomic mass is 16.5. The second-order valence-corrected chi connectivity index (χ2v) is 8.81. The maximum atomic E-state index is 12.7. The number of nitrogens with one attached hydrogen (secondary N) is 3. The zero-order chi connectivity index (χ0) is 24.6. The van der Waals surface area contributed by atoms with Crippen LogP contribution in [0.1, 0.15) is 36.7 Å². The van der Waals surface area contributed by atoms with Gasteiger partial charge in [0.2, 0.25) is 5.88 Å². The van der Waals surface area contributed by atoms with Crippen LogP contribution in [-0.4, -0.2) is 67.6 Å². The Balaban J connectivity index is 1.64. The summed E-state index contributed by atoms with van der Waals surface area (Å²) in [7, 11) is 3.52. The molecule has 1 aliphatic rings. The molecule has 3 N–H and O–H groups in total. The molecule has 2 aromatic heterocycles. The van der Waals surface area contributed by atoms with Gasteiger partial charge in [0.05, 0.1) is 17.8 Å². The van der Waals surface area contributed by atoms with Crippen LogP contribution in [0.4, 0.5) is 5.69 Å². The molecule has 1 amide bonds. The number of fused-ring (bicyclic) bond motifs is 1. The number of rotatable bonds is 10. The molecule has 9 nitrogen and oxygen atoms in total. The first-order chi connectivity index (χ1) is 17.1. The topological polar surface area (TPSA) is 110 Å². The summed E-state index contributed by atoms with van der Waals surface area (Å²) in [5.41, 5.74) is 3.65. The molecule has 186 valence electrons. The average molecular weight is 479 g/mol. The lowest BCUT2D eigenvalue weighted by molar-refractivity contribution is 0.0622. The summed E-state index contributed by atoms with van der Waals surface area (Å²) in [4.78, 5) is 17.1. The van der Waals surface area contributed by atoms with E-state index in [9.17, 15) is 4.79 Å². The Morgan fingerprint density at radius 1 is 1.14 bits per heavy atom. The number of nitrogens with zero attached hydrogens (tertiary/aromatic N) is 3. The van der Waals surface area contributed by atoms with Gasteiger partial charge in [0, 0.05) is 49.5 Å². The monoisotopic (exact) mass is 478 g/mol. The number of hydrogen-bond acceptors (Lipinski definition) is 8. The quantitative estimate of drug-likeness (QED) is 0.381. The maximum absolute atomic E-state index is 12.7. The molecule has 0 unspecified atom stereocenters. The first kappa shape index (κ1) is 24.8. The van der Waals surface area contributed by atoms with Gasteiger partial charge in [-0.25, -0.2) is 4.98 Å². The minimum absolute atomic E-state index is 0.152. The van der Waals surface area contributed by atoms with Gasteiger partial charge in [0.25, 0.3) is 5.91 Å². The molecule has 3 aromatic rings. The highest BCUT2D eigenvalue weighted by molar-refractivity contribution is 6.06. The molecule has 0 radical (unpaired) electrons. The van der Waals surface area contributed by atoms with Crippen LogP contribution in [0, 0.1) is 5.92 Å². The van der Waals surface area contributed by atoms with E-state index in [2.05, 4.69) is 38.1 Å². The van der Waals surface area contributed by atoms with Crippen LogP contribution in [0.2, 0.25) is 0 Å². The van der Waals surface area contributed by atoms with E-state index in [0.29, 0.717) is 29.8 Å². The summed E-state index contributed by atoms with van der Waals surface area (Å²) >= 11 is 0. The Bertz CT molecular complexity index is 1130. The maximum Gasteiger partial charge on any atom is 0.273 e. The van der Waals surface area contributed by atoms with E-state index in [4.69, 9.17) is 9.47 Å². The molecule has 35 heavy (non-hydrogen) atoms. The van der Waals surface area contributed by atoms with Crippen molar-refractivity contribution in [3.05, 3.63) is 42.2 Å². The predicted octanol–water partition coefficient (Wildman–Crippen LogP) is 3.27. The minimum atomic E-state index is -0.270. The number of amides is 1. The molecule has 0 aliphatic carbocycles. The van der Waals surface area contributed by atoms with Crippen molar-refractivity contribution in [2.24, 2.45) is 5.92 Å². The van der Waals surface area contributed by atoms with E-state index in [1.54, 1.807) is 13.2 Å². The first-order valence-electron chi connectivity index (χ1n) is 12.2. The fourth-order valence-corrected chi connectivity index (χ4v) is 4.33. The molecule has 0 spiro atoms. The third kappa shape index (κ3) is 6.04. The van der Waals surface area contributed by atoms with Crippen LogP contribution >= 0.6 is 0 Å². The van der Waals surface area contributed by atoms with E-state index in [-0.39, 0.29) is 11.9 Å². The van der Waals surface area contributed by atoms with Crippen LogP contribution in [0.15, 0.2) is 36.5 Å². The smallest absolute Gasteiger partial charge is 0.273 e. The highest BCUT2D eigenvalue weighted by Crippen LogP contribution is 2.32. The first-order valence-corrected chi connectivity index (χ1v) is 12.2. The SMILES string of the molecule is CNCCCOc1ccc(-c2ccc3nnc(C(=O)NC)c(N[C@@H](C)C4CCOCC4)c3c2)cn1. The van der Waals surface area contributed by atoms with Gasteiger partial charge in [-0.1, -0.05) is 6.07 Å². The van der Waals surface area contributed by atoms with Gasteiger partial charge in [0.1, 0.15) is 0 Å². The zero-order valence-corrected chi connectivity index (χ0v) is 20.6. The largest absolute Gasteiger partial charge is 0.478 e. The van der Waals surface area contributed by atoms with Gasteiger partial charge in [-0.2, -0.15) is 0 Å². The minimum Gasteiger partial charge on any atom is -0.478 e. The number of pyridine rings is 1.